The number of anilines is 2. The monoisotopic (exact) mass is 349 g/mol. The first-order chi connectivity index (χ1) is 12.8. The maximum absolute atomic E-state index is 12.4. The number of urea groups is 1. The summed E-state index contributed by atoms with van der Waals surface area (Å²) in [5, 5.41) is 14.2. The molecule has 2 amide bonds. The molecule has 0 unspecified atom stereocenters. The SMILES string of the molecule is O=C(NCc1ccc(Nc2ccncc2)cc1)N1CCn2cnnc2C1. The van der Waals surface area contributed by atoms with Gasteiger partial charge in [0.15, 0.2) is 5.82 Å². The lowest BCUT2D eigenvalue weighted by Crippen LogP contribution is -2.43. The van der Waals surface area contributed by atoms with Crippen LogP contribution in [0, 0.1) is 0 Å². The van der Waals surface area contributed by atoms with Gasteiger partial charge in [-0.05, 0) is 29.8 Å². The quantitative estimate of drug-likeness (QED) is 0.753. The van der Waals surface area contributed by atoms with E-state index in [0.717, 1.165) is 29.3 Å². The number of hydrogen-bond acceptors (Lipinski definition) is 5. The Kier molecular flexibility index (Phi) is 4.46. The molecule has 4 rings (SSSR count). The Bertz CT molecular complexity index is 876. The van der Waals surface area contributed by atoms with Crippen molar-refractivity contribution in [1.29, 1.82) is 0 Å². The van der Waals surface area contributed by atoms with E-state index in [1.165, 1.54) is 0 Å². The minimum Gasteiger partial charge on any atom is -0.355 e. The lowest BCUT2D eigenvalue weighted by atomic mass is 10.2. The molecule has 1 aliphatic heterocycles. The molecule has 8 nitrogen and oxygen atoms in total. The molecule has 3 heterocycles. The van der Waals surface area contributed by atoms with Crippen LogP contribution in [0.15, 0.2) is 55.1 Å². The summed E-state index contributed by atoms with van der Waals surface area (Å²) in [7, 11) is 0. The van der Waals surface area contributed by atoms with Crippen molar-refractivity contribution < 1.29 is 4.79 Å². The highest BCUT2D eigenvalue weighted by molar-refractivity contribution is 5.74. The molecule has 0 atom stereocenters. The summed E-state index contributed by atoms with van der Waals surface area (Å²) in [6.45, 7) is 2.36. The van der Waals surface area contributed by atoms with Crippen molar-refractivity contribution in [2.45, 2.75) is 19.6 Å². The van der Waals surface area contributed by atoms with Crippen molar-refractivity contribution in [3.8, 4) is 0 Å². The number of nitrogens with zero attached hydrogens (tertiary/aromatic N) is 5. The average Bonchev–Trinajstić information content (AvgIpc) is 3.16. The normalized spacial score (nSPS) is 13.2. The molecule has 0 fully saturated rings. The molecule has 132 valence electrons. The first kappa shape index (κ1) is 16.1. The van der Waals surface area contributed by atoms with E-state index in [9.17, 15) is 4.79 Å². The van der Waals surface area contributed by atoms with Crippen LogP contribution in [0.4, 0.5) is 16.2 Å². The summed E-state index contributed by atoms with van der Waals surface area (Å²) in [4.78, 5) is 18.1. The Hall–Kier alpha value is -3.42. The number of fused-ring (bicyclic) bond motifs is 1. The maximum Gasteiger partial charge on any atom is 0.318 e. The predicted octanol–water partition coefficient (Wildman–Crippen LogP) is 2.14. The first-order valence-corrected chi connectivity index (χ1v) is 8.43. The van der Waals surface area contributed by atoms with Gasteiger partial charge in [0.05, 0.1) is 6.54 Å². The number of carbonyl (C=O) groups is 1. The molecule has 3 aromatic rings. The molecule has 26 heavy (non-hydrogen) atoms. The number of hydrogen-bond donors (Lipinski definition) is 2. The van der Waals surface area contributed by atoms with E-state index in [-0.39, 0.29) is 6.03 Å². The number of aromatic nitrogens is 4. The van der Waals surface area contributed by atoms with Gasteiger partial charge in [0.25, 0.3) is 0 Å². The van der Waals surface area contributed by atoms with Crippen LogP contribution in [0.2, 0.25) is 0 Å². The van der Waals surface area contributed by atoms with Crippen LogP contribution in [0.25, 0.3) is 0 Å². The molecule has 0 radical (unpaired) electrons. The zero-order chi connectivity index (χ0) is 17.8. The van der Waals surface area contributed by atoms with Crippen molar-refractivity contribution in [2.24, 2.45) is 0 Å². The van der Waals surface area contributed by atoms with Gasteiger partial charge >= 0.3 is 6.03 Å². The van der Waals surface area contributed by atoms with Gasteiger partial charge in [-0.2, -0.15) is 0 Å². The zero-order valence-corrected chi connectivity index (χ0v) is 14.2. The van der Waals surface area contributed by atoms with Crippen molar-refractivity contribution in [3.05, 3.63) is 66.5 Å². The minimum absolute atomic E-state index is 0.0850. The van der Waals surface area contributed by atoms with Crippen LogP contribution in [0.5, 0.6) is 0 Å². The number of nitrogens with one attached hydrogen (secondary N) is 2. The highest BCUT2D eigenvalue weighted by Crippen LogP contribution is 2.16. The molecule has 2 N–H and O–H groups in total. The largest absolute Gasteiger partial charge is 0.355 e. The third kappa shape index (κ3) is 3.64. The molecule has 0 spiro atoms. The van der Waals surface area contributed by atoms with Crippen LogP contribution in [0.1, 0.15) is 11.4 Å². The number of amides is 2. The van der Waals surface area contributed by atoms with Crippen LogP contribution in [0.3, 0.4) is 0 Å². The van der Waals surface area contributed by atoms with E-state index in [1.807, 2.05) is 41.0 Å². The third-order valence-electron chi connectivity index (χ3n) is 4.29. The Morgan fingerprint density at radius 3 is 2.62 bits per heavy atom. The molecular formula is C18H19N7O. The van der Waals surface area contributed by atoms with Crippen LogP contribution in [-0.4, -0.2) is 37.2 Å². The summed E-state index contributed by atoms with van der Waals surface area (Å²) < 4.78 is 1.97. The molecule has 0 bridgehead atoms. The maximum atomic E-state index is 12.4. The highest BCUT2D eigenvalue weighted by Gasteiger charge is 2.21. The second-order valence-electron chi connectivity index (χ2n) is 6.08. The second kappa shape index (κ2) is 7.22. The predicted molar refractivity (Wildman–Crippen MR) is 96.6 cm³/mol. The van der Waals surface area contributed by atoms with Gasteiger partial charge < -0.3 is 20.1 Å². The van der Waals surface area contributed by atoms with E-state index in [1.54, 1.807) is 23.6 Å². The highest BCUT2D eigenvalue weighted by atomic mass is 16.2. The summed E-state index contributed by atoms with van der Waals surface area (Å²) in [5.41, 5.74) is 3.01. The topological polar surface area (TPSA) is 88.0 Å². The Balaban J connectivity index is 1.30. The smallest absolute Gasteiger partial charge is 0.318 e. The fourth-order valence-corrected chi connectivity index (χ4v) is 2.84. The number of pyridine rings is 1. The number of rotatable bonds is 4. The molecule has 0 saturated carbocycles. The van der Waals surface area contributed by atoms with Gasteiger partial charge in [-0.15, -0.1) is 10.2 Å². The Morgan fingerprint density at radius 1 is 1.04 bits per heavy atom. The molecule has 1 aromatic carbocycles. The summed E-state index contributed by atoms with van der Waals surface area (Å²) in [6.07, 6.45) is 5.19. The molecule has 0 saturated heterocycles. The van der Waals surface area contributed by atoms with Gasteiger partial charge in [0, 0.05) is 43.4 Å². The fourth-order valence-electron chi connectivity index (χ4n) is 2.84. The number of benzene rings is 1. The first-order valence-electron chi connectivity index (χ1n) is 8.43. The molecule has 8 heteroatoms. The number of carbonyl (C=O) groups excluding carboxylic acids is 1. The van der Waals surface area contributed by atoms with Gasteiger partial charge in [-0.3, -0.25) is 4.98 Å². The summed E-state index contributed by atoms with van der Waals surface area (Å²) in [5.74, 6) is 0.818. The average molecular weight is 349 g/mol. The van der Waals surface area contributed by atoms with Crippen molar-refractivity contribution in [1.82, 2.24) is 30.0 Å². The van der Waals surface area contributed by atoms with E-state index < -0.39 is 0 Å². The standard InChI is InChI=1S/C18H19N7O/c26-18(24-9-10-25-13-21-23-17(25)12-24)20-11-14-1-3-15(4-2-14)22-16-5-7-19-8-6-16/h1-8,13H,9-12H2,(H,19,22)(H,20,26). The fraction of sp³-hybridized carbons (Fsp3) is 0.222. The lowest BCUT2D eigenvalue weighted by Gasteiger charge is -2.27. The Labute approximate surface area is 150 Å². The van der Waals surface area contributed by atoms with E-state index >= 15 is 0 Å². The molecule has 1 aliphatic rings. The lowest BCUT2D eigenvalue weighted by molar-refractivity contribution is 0.181. The van der Waals surface area contributed by atoms with Gasteiger partial charge in [-0.25, -0.2) is 4.79 Å². The Morgan fingerprint density at radius 2 is 1.81 bits per heavy atom. The van der Waals surface area contributed by atoms with Crippen LogP contribution in [-0.2, 0) is 19.6 Å². The minimum atomic E-state index is -0.0850. The zero-order valence-electron chi connectivity index (χ0n) is 14.2. The summed E-state index contributed by atoms with van der Waals surface area (Å²) >= 11 is 0. The molecule has 0 aliphatic carbocycles. The van der Waals surface area contributed by atoms with Crippen molar-refractivity contribution in [2.75, 3.05) is 11.9 Å². The van der Waals surface area contributed by atoms with Gasteiger partial charge in [0.2, 0.25) is 0 Å². The van der Waals surface area contributed by atoms with E-state index in [0.29, 0.717) is 19.6 Å². The van der Waals surface area contributed by atoms with Crippen LogP contribution >= 0.6 is 0 Å². The van der Waals surface area contributed by atoms with Crippen molar-refractivity contribution in [3.63, 3.8) is 0 Å². The molecule has 2 aromatic heterocycles. The van der Waals surface area contributed by atoms with Gasteiger partial charge in [0.1, 0.15) is 6.33 Å². The van der Waals surface area contributed by atoms with Gasteiger partial charge in [-0.1, -0.05) is 12.1 Å². The van der Waals surface area contributed by atoms with E-state index in [2.05, 4.69) is 25.8 Å². The summed E-state index contributed by atoms with van der Waals surface area (Å²) in [6, 6.07) is 11.7. The van der Waals surface area contributed by atoms with E-state index in [4.69, 9.17) is 0 Å². The molecular weight excluding hydrogens is 330 g/mol. The second-order valence-corrected chi connectivity index (χ2v) is 6.08. The van der Waals surface area contributed by atoms with Crippen molar-refractivity contribution >= 4 is 17.4 Å². The van der Waals surface area contributed by atoms with Crippen LogP contribution < -0.4 is 10.6 Å². The third-order valence-corrected chi connectivity index (χ3v) is 4.29.